The Balaban J connectivity index is 1.45. The molecule has 0 saturated carbocycles. The summed E-state index contributed by atoms with van der Waals surface area (Å²) in [4.78, 5) is 15.1. The Morgan fingerprint density at radius 3 is 2.70 bits per heavy atom. The second-order valence-electron chi connectivity index (χ2n) is 7.18. The summed E-state index contributed by atoms with van der Waals surface area (Å²) in [5, 5.41) is 6.13. The van der Waals surface area contributed by atoms with Gasteiger partial charge in [-0.2, -0.15) is 0 Å². The van der Waals surface area contributed by atoms with Crippen LogP contribution in [-0.2, 0) is 11.3 Å². The van der Waals surface area contributed by atoms with E-state index in [1.54, 1.807) is 6.07 Å². The van der Waals surface area contributed by atoms with Crippen molar-refractivity contribution in [2.75, 3.05) is 18.4 Å². The summed E-state index contributed by atoms with van der Waals surface area (Å²) >= 11 is 6.17. The molecule has 0 aromatic heterocycles. The molecule has 1 N–H and O–H groups in total. The Hall–Kier alpha value is -2.36. The third-order valence-electron chi connectivity index (χ3n) is 5.28. The van der Waals surface area contributed by atoms with Crippen molar-refractivity contribution in [2.24, 2.45) is 5.92 Å². The number of fused-ring (bicyclic) bond motifs is 1. The molecule has 1 aliphatic heterocycles. The lowest BCUT2D eigenvalue weighted by Crippen LogP contribution is -2.40. The topological polar surface area (TPSA) is 32.3 Å². The van der Waals surface area contributed by atoms with Gasteiger partial charge in [0.25, 0.3) is 0 Å². The lowest BCUT2D eigenvalue weighted by molar-refractivity contribution is -0.121. The van der Waals surface area contributed by atoms with Gasteiger partial charge < -0.3 is 5.32 Å². The number of anilines is 1. The molecular formula is C23H23ClN2O. The molecule has 138 valence electrons. The van der Waals surface area contributed by atoms with Crippen LogP contribution in [0.2, 0.25) is 5.02 Å². The number of hydrogen-bond donors (Lipinski definition) is 1. The molecule has 27 heavy (non-hydrogen) atoms. The van der Waals surface area contributed by atoms with E-state index in [0.717, 1.165) is 32.5 Å². The Bertz CT molecular complexity index is 951. The number of carbonyl (C=O) groups is 1. The molecule has 3 aromatic rings. The van der Waals surface area contributed by atoms with Crippen LogP contribution in [0.3, 0.4) is 0 Å². The first-order valence-corrected chi connectivity index (χ1v) is 9.83. The number of halogens is 1. The van der Waals surface area contributed by atoms with Crippen LogP contribution in [0, 0.1) is 5.92 Å². The zero-order valence-corrected chi connectivity index (χ0v) is 16.0. The average molecular weight is 379 g/mol. The van der Waals surface area contributed by atoms with E-state index < -0.39 is 0 Å². The summed E-state index contributed by atoms with van der Waals surface area (Å²) in [5.74, 6) is 0.0516. The Labute approximate surface area is 164 Å². The van der Waals surface area contributed by atoms with Crippen molar-refractivity contribution < 1.29 is 4.79 Å². The molecule has 1 unspecified atom stereocenters. The molecule has 0 spiro atoms. The van der Waals surface area contributed by atoms with E-state index in [0.29, 0.717) is 10.7 Å². The van der Waals surface area contributed by atoms with Crippen LogP contribution in [-0.4, -0.2) is 23.9 Å². The lowest BCUT2D eigenvalue weighted by Gasteiger charge is -2.32. The minimum atomic E-state index is -0.00926. The fraction of sp³-hybridized carbons (Fsp3) is 0.261. The molecule has 4 rings (SSSR count). The van der Waals surface area contributed by atoms with Gasteiger partial charge in [-0.05, 0) is 47.9 Å². The van der Waals surface area contributed by atoms with Gasteiger partial charge in [-0.15, -0.1) is 0 Å². The first-order chi connectivity index (χ1) is 13.2. The number of carbonyl (C=O) groups excluding carboxylic acids is 1. The summed E-state index contributed by atoms with van der Waals surface area (Å²) < 4.78 is 0. The molecule has 1 aliphatic rings. The third-order valence-corrected chi connectivity index (χ3v) is 5.61. The van der Waals surface area contributed by atoms with Crippen LogP contribution >= 0.6 is 11.6 Å². The first kappa shape index (κ1) is 18.0. The maximum Gasteiger partial charge on any atom is 0.228 e. The van der Waals surface area contributed by atoms with Crippen LogP contribution in [0.25, 0.3) is 10.8 Å². The van der Waals surface area contributed by atoms with Gasteiger partial charge in [0.1, 0.15) is 0 Å². The van der Waals surface area contributed by atoms with E-state index >= 15 is 0 Å². The van der Waals surface area contributed by atoms with Gasteiger partial charge in [0.15, 0.2) is 0 Å². The van der Waals surface area contributed by atoms with E-state index in [1.165, 1.54) is 16.3 Å². The predicted molar refractivity (Wildman–Crippen MR) is 112 cm³/mol. The average Bonchev–Trinajstić information content (AvgIpc) is 2.70. The van der Waals surface area contributed by atoms with Crippen molar-refractivity contribution in [3.05, 3.63) is 77.3 Å². The minimum Gasteiger partial charge on any atom is -0.324 e. The van der Waals surface area contributed by atoms with Gasteiger partial charge in [0.2, 0.25) is 5.91 Å². The maximum atomic E-state index is 12.7. The van der Waals surface area contributed by atoms with Crippen LogP contribution in [0.4, 0.5) is 5.69 Å². The van der Waals surface area contributed by atoms with Crippen molar-refractivity contribution in [1.82, 2.24) is 4.90 Å². The van der Waals surface area contributed by atoms with Crippen molar-refractivity contribution in [3.8, 4) is 0 Å². The van der Waals surface area contributed by atoms with Gasteiger partial charge in [0.05, 0.1) is 16.6 Å². The fourth-order valence-electron chi connectivity index (χ4n) is 3.88. The number of hydrogen-bond acceptors (Lipinski definition) is 2. The largest absolute Gasteiger partial charge is 0.324 e. The van der Waals surface area contributed by atoms with E-state index in [1.807, 2.05) is 18.2 Å². The lowest BCUT2D eigenvalue weighted by atomic mass is 9.96. The van der Waals surface area contributed by atoms with E-state index in [9.17, 15) is 4.79 Å². The zero-order chi connectivity index (χ0) is 18.6. The molecular weight excluding hydrogens is 356 g/mol. The second kappa shape index (κ2) is 8.12. The number of piperidine rings is 1. The summed E-state index contributed by atoms with van der Waals surface area (Å²) in [5.41, 5.74) is 2.01. The number of rotatable bonds is 4. The molecule has 1 amide bonds. The molecule has 1 atom stereocenters. The number of amides is 1. The Kier molecular flexibility index (Phi) is 5.42. The molecule has 0 aliphatic carbocycles. The van der Waals surface area contributed by atoms with E-state index in [-0.39, 0.29) is 11.8 Å². The normalized spacial score (nSPS) is 17.7. The molecule has 0 bridgehead atoms. The van der Waals surface area contributed by atoms with Crippen LogP contribution in [0.1, 0.15) is 18.4 Å². The summed E-state index contributed by atoms with van der Waals surface area (Å²) in [6, 6.07) is 22.3. The van der Waals surface area contributed by atoms with Gasteiger partial charge >= 0.3 is 0 Å². The van der Waals surface area contributed by atoms with Crippen LogP contribution in [0.5, 0.6) is 0 Å². The molecule has 3 nitrogen and oxygen atoms in total. The van der Waals surface area contributed by atoms with Crippen molar-refractivity contribution in [1.29, 1.82) is 0 Å². The highest BCUT2D eigenvalue weighted by Crippen LogP contribution is 2.26. The monoisotopic (exact) mass is 378 g/mol. The van der Waals surface area contributed by atoms with Crippen molar-refractivity contribution in [3.63, 3.8) is 0 Å². The number of nitrogens with zero attached hydrogens (tertiary/aromatic N) is 1. The van der Waals surface area contributed by atoms with Gasteiger partial charge in [-0.1, -0.05) is 66.2 Å². The Morgan fingerprint density at radius 2 is 1.81 bits per heavy atom. The molecule has 0 radical (unpaired) electrons. The molecule has 3 aromatic carbocycles. The fourth-order valence-corrected chi connectivity index (χ4v) is 4.06. The number of para-hydroxylation sites is 1. The first-order valence-electron chi connectivity index (χ1n) is 9.45. The minimum absolute atomic E-state index is 0.00926. The number of likely N-dealkylation sites (tertiary alicyclic amines) is 1. The summed E-state index contributed by atoms with van der Waals surface area (Å²) in [6.07, 6.45) is 1.95. The highest BCUT2D eigenvalue weighted by atomic mass is 35.5. The maximum absolute atomic E-state index is 12.7. The Morgan fingerprint density at radius 1 is 1.04 bits per heavy atom. The zero-order valence-electron chi connectivity index (χ0n) is 15.2. The highest BCUT2D eigenvalue weighted by Gasteiger charge is 2.26. The molecule has 1 heterocycles. The van der Waals surface area contributed by atoms with Gasteiger partial charge in [-0.3, -0.25) is 9.69 Å². The highest BCUT2D eigenvalue weighted by molar-refractivity contribution is 6.33. The third kappa shape index (κ3) is 4.15. The number of nitrogens with one attached hydrogen (secondary N) is 1. The molecule has 4 heteroatoms. The quantitative estimate of drug-likeness (QED) is 0.664. The van der Waals surface area contributed by atoms with Crippen molar-refractivity contribution in [2.45, 2.75) is 19.4 Å². The van der Waals surface area contributed by atoms with Crippen LogP contribution in [0.15, 0.2) is 66.7 Å². The van der Waals surface area contributed by atoms with Gasteiger partial charge in [0, 0.05) is 13.1 Å². The van der Waals surface area contributed by atoms with Crippen LogP contribution < -0.4 is 5.32 Å². The molecule has 1 saturated heterocycles. The predicted octanol–water partition coefficient (Wildman–Crippen LogP) is 5.34. The summed E-state index contributed by atoms with van der Waals surface area (Å²) in [7, 11) is 0. The van der Waals surface area contributed by atoms with E-state index in [2.05, 4.69) is 52.7 Å². The van der Waals surface area contributed by atoms with E-state index in [4.69, 9.17) is 11.6 Å². The second-order valence-corrected chi connectivity index (χ2v) is 7.59. The van der Waals surface area contributed by atoms with Gasteiger partial charge in [-0.25, -0.2) is 0 Å². The smallest absolute Gasteiger partial charge is 0.228 e. The standard InChI is InChI=1S/C23H23ClN2O/c24-21-12-3-4-13-22(21)25-23(27)19-10-6-14-26(16-19)15-18-9-5-8-17-7-1-2-11-20(17)18/h1-5,7-9,11-13,19H,6,10,14-16H2,(H,25,27). The SMILES string of the molecule is O=C(Nc1ccccc1Cl)C1CCCN(Cc2cccc3ccccc23)C1. The number of benzene rings is 3. The van der Waals surface area contributed by atoms with Crippen molar-refractivity contribution >= 4 is 34.0 Å². The summed E-state index contributed by atoms with van der Waals surface area (Å²) in [6.45, 7) is 2.68. The molecule has 1 fully saturated rings.